The van der Waals surface area contributed by atoms with E-state index in [0.717, 1.165) is 49.9 Å². The normalized spacial score (nSPS) is 15.2. The van der Waals surface area contributed by atoms with Crippen LogP contribution in [0.3, 0.4) is 0 Å². The van der Waals surface area contributed by atoms with Gasteiger partial charge in [0.15, 0.2) is 0 Å². The Bertz CT molecular complexity index is 956. The van der Waals surface area contributed by atoms with Crippen LogP contribution in [-0.4, -0.2) is 46.5 Å². The van der Waals surface area contributed by atoms with Gasteiger partial charge in [-0.25, -0.2) is 4.98 Å². The highest BCUT2D eigenvalue weighted by atomic mass is 16.5. The van der Waals surface area contributed by atoms with Gasteiger partial charge in [-0.15, -0.1) is 0 Å². The van der Waals surface area contributed by atoms with Gasteiger partial charge in [-0.3, -0.25) is 9.69 Å². The van der Waals surface area contributed by atoms with Gasteiger partial charge in [-0.2, -0.15) is 0 Å². The fraction of sp³-hybridized carbons (Fsp3) is 0.333. The van der Waals surface area contributed by atoms with E-state index in [9.17, 15) is 4.79 Å². The Morgan fingerprint density at radius 3 is 2.63 bits per heavy atom. The Morgan fingerprint density at radius 2 is 1.89 bits per heavy atom. The Balaban J connectivity index is 1.47. The maximum atomic E-state index is 12.7. The molecule has 3 heterocycles. The standard InChI is InChI=1S/C21H24N4O2/c1-15-13-16(2)25-8-7-19(20(25)22-15)21(26)23-18-5-3-17(4-6-18)14-24-9-11-27-12-10-24/h3-8,13H,9-12,14H2,1-2H3,(H,23,26). The SMILES string of the molecule is Cc1cc(C)n2ccc(C(=O)Nc3ccc(CN4CCOCC4)cc3)c2n1. The van der Waals surface area contributed by atoms with E-state index < -0.39 is 0 Å². The zero-order valence-corrected chi connectivity index (χ0v) is 15.7. The van der Waals surface area contributed by atoms with Gasteiger partial charge in [0.25, 0.3) is 5.91 Å². The minimum atomic E-state index is -0.143. The molecule has 0 bridgehead atoms. The van der Waals surface area contributed by atoms with E-state index in [1.54, 1.807) is 0 Å². The Kier molecular flexibility index (Phi) is 4.92. The quantitative estimate of drug-likeness (QED) is 0.773. The first-order valence-corrected chi connectivity index (χ1v) is 9.26. The summed E-state index contributed by atoms with van der Waals surface area (Å²) < 4.78 is 7.32. The third-order valence-electron chi connectivity index (χ3n) is 4.91. The van der Waals surface area contributed by atoms with E-state index in [2.05, 4.69) is 27.3 Å². The van der Waals surface area contributed by atoms with Crippen LogP contribution in [0.15, 0.2) is 42.6 Å². The fourth-order valence-corrected chi connectivity index (χ4v) is 3.48. The number of fused-ring (bicyclic) bond motifs is 1. The first-order valence-electron chi connectivity index (χ1n) is 9.26. The lowest BCUT2D eigenvalue weighted by molar-refractivity contribution is 0.0342. The number of benzene rings is 1. The summed E-state index contributed by atoms with van der Waals surface area (Å²) in [6.45, 7) is 8.38. The maximum Gasteiger partial charge on any atom is 0.259 e. The summed E-state index contributed by atoms with van der Waals surface area (Å²) in [4.78, 5) is 19.6. The maximum absolute atomic E-state index is 12.7. The largest absolute Gasteiger partial charge is 0.379 e. The topological polar surface area (TPSA) is 58.9 Å². The average molecular weight is 364 g/mol. The summed E-state index contributed by atoms with van der Waals surface area (Å²) in [5, 5.41) is 2.98. The molecule has 1 aliphatic rings. The molecule has 0 spiro atoms. The van der Waals surface area contributed by atoms with Crippen molar-refractivity contribution in [1.29, 1.82) is 0 Å². The molecule has 6 heteroatoms. The van der Waals surface area contributed by atoms with Gasteiger partial charge in [0.05, 0.1) is 18.8 Å². The molecular formula is C21H24N4O2. The molecule has 0 atom stereocenters. The summed E-state index contributed by atoms with van der Waals surface area (Å²) in [6.07, 6.45) is 1.89. The number of ether oxygens (including phenoxy) is 1. The summed E-state index contributed by atoms with van der Waals surface area (Å²) >= 11 is 0. The zero-order valence-electron chi connectivity index (χ0n) is 15.7. The predicted octanol–water partition coefficient (Wildman–Crippen LogP) is 3.04. The van der Waals surface area contributed by atoms with Crippen LogP contribution in [0.4, 0.5) is 5.69 Å². The number of anilines is 1. The van der Waals surface area contributed by atoms with Gasteiger partial charge in [-0.05, 0) is 43.7 Å². The van der Waals surface area contributed by atoms with Crippen molar-refractivity contribution in [2.24, 2.45) is 0 Å². The number of carbonyl (C=O) groups excluding carboxylic acids is 1. The third-order valence-corrected chi connectivity index (χ3v) is 4.91. The number of amides is 1. The smallest absolute Gasteiger partial charge is 0.259 e. The molecule has 1 saturated heterocycles. The van der Waals surface area contributed by atoms with Gasteiger partial charge in [0.1, 0.15) is 5.65 Å². The van der Waals surface area contributed by atoms with Crippen LogP contribution in [0.5, 0.6) is 0 Å². The third kappa shape index (κ3) is 3.86. The van der Waals surface area contributed by atoms with Crippen molar-refractivity contribution in [3.63, 3.8) is 0 Å². The van der Waals surface area contributed by atoms with Gasteiger partial charge >= 0.3 is 0 Å². The molecule has 3 aromatic rings. The lowest BCUT2D eigenvalue weighted by Crippen LogP contribution is -2.35. The number of hydrogen-bond donors (Lipinski definition) is 1. The summed E-state index contributed by atoms with van der Waals surface area (Å²) in [5.74, 6) is -0.143. The molecule has 0 radical (unpaired) electrons. The number of morpholine rings is 1. The summed E-state index contributed by atoms with van der Waals surface area (Å²) in [7, 11) is 0. The van der Waals surface area contributed by atoms with Gasteiger partial charge in [0, 0.05) is 42.9 Å². The molecule has 4 rings (SSSR count). The second-order valence-electron chi connectivity index (χ2n) is 7.00. The minimum Gasteiger partial charge on any atom is -0.379 e. The van der Waals surface area contributed by atoms with Crippen LogP contribution in [0.1, 0.15) is 27.3 Å². The van der Waals surface area contributed by atoms with E-state index >= 15 is 0 Å². The van der Waals surface area contributed by atoms with Crippen molar-refractivity contribution in [3.05, 3.63) is 65.1 Å². The lowest BCUT2D eigenvalue weighted by atomic mass is 10.2. The molecule has 140 valence electrons. The second kappa shape index (κ2) is 7.50. The van der Waals surface area contributed by atoms with Crippen LogP contribution < -0.4 is 5.32 Å². The average Bonchev–Trinajstić information content (AvgIpc) is 3.08. The number of nitrogens with zero attached hydrogens (tertiary/aromatic N) is 3. The Morgan fingerprint density at radius 1 is 1.15 bits per heavy atom. The highest BCUT2D eigenvalue weighted by molar-refractivity contribution is 6.08. The molecule has 0 saturated carbocycles. The van der Waals surface area contributed by atoms with Crippen LogP contribution in [0.25, 0.3) is 5.65 Å². The van der Waals surface area contributed by atoms with Crippen molar-refractivity contribution in [3.8, 4) is 0 Å². The summed E-state index contributed by atoms with van der Waals surface area (Å²) in [6, 6.07) is 11.9. The molecule has 1 N–H and O–H groups in total. The number of hydrogen-bond acceptors (Lipinski definition) is 4. The van der Waals surface area contributed by atoms with Crippen LogP contribution >= 0.6 is 0 Å². The van der Waals surface area contributed by atoms with Gasteiger partial charge in [0.2, 0.25) is 0 Å². The van der Waals surface area contributed by atoms with Gasteiger partial charge < -0.3 is 14.5 Å². The number of aromatic nitrogens is 2. The predicted molar refractivity (Wildman–Crippen MR) is 105 cm³/mol. The number of aryl methyl sites for hydroxylation is 2. The molecule has 1 aliphatic heterocycles. The van der Waals surface area contributed by atoms with Crippen molar-refractivity contribution >= 4 is 17.2 Å². The van der Waals surface area contributed by atoms with Crippen molar-refractivity contribution in [2.45, 2.75) is 20.4 Å². The van der Waals surface area contributed by atoms with E-state index in [1.165, 1.54) is 5.56 Å². The molecular weight excluding hydrogens is 340 g/mol. The molecule has 1 amide bonds. The lowest BCUT2D eigenvalue weighted by Gasteiger charge is -2.26. The van der Waals surface area contributed by atoms with Gasteiger partial charge in [-0.1, -0.05) is 12.1 Å². The van der Waals surface area contributed by atoms with Crippen LogP contribution in [0, 0.1) is 13.8 Å². The first kappa shape index (κ1) is 17.7. The van der Waals surface area contributed by atoms with Crippen molar-refractivity contribution in [1.82, 2.24) is 14.3 Å². The van der Waals surface area contributed by atoms with Crippen molar-refractivity contribution < 1.29 is 9.53 Å². The highest BCUT2D eigenvalue weighted by Gasteiger charge is 2.15. The fourth-order valence-electron chi connectivity index (χ4n) is 3.48. The van der Waals surface area contributed by atoms with E-state index in [1.807, 2.05) is 48.7 Å². The first-order chi connectivity index (χ1) is 13.1. The number of nitrogens with one attached hydrogen (secondary N) is 1. The number of carbonyl (C=O) groups is 1. The molecule has 1 fully saturated rings. The van der Waals surface area contributed by atoms with Crippen molar-refractivity contribution in [2.75, 3.05) is 31.6 Å². The van der Waals surface area contributed by atoms with E-state index in [4.69, 9.17) is 4.74 Å². The molecule has 6 nitrogen and oxygen atoms in total. The Labute approximate surface area is 158 Å². The Hall–Kier alpha value is -2.70. The van der Waals surface area contributed by atoms with Crippen LogP contribution in [0.2, 0.25) is 0 Å². The molecule has 27 heavy (non-hydrogen) atoms. The van der Waals surface area contributed by atoms with E-state index in [-0.39, 0.29) is 5.91 Å². The molecule has 2 aromatic heterocycles. The highest BCUT2D eigenvalue weighted by Crippen LogP contribution is 2.17. The molecule has 1 aromatic carbocycles. The second-order valence-corrected chi connectivity index (χ2v) is 7.00. The monoisotopic (exact) mass is 364 g/mol. The number of rotatable bonds is 4. The minimum absolute atomic E-state index is 0.143. The molecule has 0 unspecified atom stereocenters. The van der Waals surface area contributed by atoms with E-state index in [0.29, 0.717) is 11.2 Å². The zero-order chi connectivity index (χ0) is 18.8. The van der Waals surface area contributed by atoms with Crippen LogP contribution in [-0.2, 0) is 11.3 Å². The molecule has 0 aliphatic carbocycles. The summed E-state index contributed by atoms with van der Waals surface area (Å²) in [5.41, 5.74) is 5.25.